The highest BCUT2D eigenvalue weighted by molar-refractivity contribution is 7.99. The summed E-state index contributed by atoms with van der Waals surface area (Å²) < 4.78 is 3.61. The zero-order chi connectivity index (χ0) is 22.7. The predicted molar refractivity (Wildman–Crippen MR) is 120 cm³/mol. The lowest BCUT2D eigenvalue weighted by atomic mass is 10.2. The molecule has 162 valence electrons. The Hall–Kier alpha value is -3.99. The van der Waals surface area contributed by atoms with E-state index in [1.54, 1.807) is 0 Å². The second-order valence-electron chi connectivity index (χ2n) is 6.90. The molecular weight excluding hydrogens is 430 g/mol. The van der Waals surface area contributed by atoms with E-state index in [-0.39, 0.29) is 23.7 Å². The van der Waals surface area contributed by atoms with Crippen LogP contribution in [-0.2, 0) is 13.6 Å². The summed E-state index contributed by atoms with van der Waals surface area (Å²) in [6, 6.07) is 18.4. The van der Waals surface area contributed by atoms with E-state index in [9.17, 15) is 14.4 Å². The topological polar surface area (TPSA) is 131 Å². The molecule has 0 spiro atoms. The van der Waals surface area contributed by atoms with Gasteiger partial charge in [-0.3, -0.25) is 18.7 Å². The van der Waals surface area contributed by atoms with Gasteiger partial charge in [0.2, 0.25) is 5.16 Å². The number of para-hydroxylation sites is 1. The van der Waals surface area contributed by atoms with Gasteiger partial charge in [0.15, 0.2) is 5.78 Å². The summed E-state index contributed by atoms with van der Waals surface area (Å²) in [5.74, 6) is -0.802. The van der Waals surface area contributed by atoms with Gasteiger partial charge in [0.25, 0.3) is 5.56 Å². The van der Waals surface area contributed by atoms with Gasteiger partial charge in [-0.15, -0.1) is 5.10 Å². The number of Topliss-reactive ketones (excluding diaryl/α,β-unsaturated/α-hetero) is 1. The third-order valence-corrected chi connectivity index (χ3v) is 5.74. The van der Waals surface area contributed by atoms with Crippen molar-refractivity contribution >= 4 is 23.4 Å². The van der Waals surface area contributed by atoms with E-state index in [4.69, 9.17) is 5.73 Å². The molecule has 0 saturated heterocycles. The molecule has 0 unspecified atom stereocenters. The van der Waals surface area contributed by atoms with E-state index >= 15 is 0 Å². The van der Waals surface area contributed by atoms with E-state index in [1.165, 1.54) is 16.3 Å². The van der Waals surface area contributed by atoms with Crippen LogP contribution >= 0.6 is 11.8 Å². The molecule has 0 aliphatic rings. The molecule has 0 amide bonds. The molecule has 2 N–H and O–H groups in total. The number of ketones is 1. The summed E-state index contributed by atoms with van der Waals surface area (Å²) in [6.07, 6.45) is 0. The van der Waals surface area contributed by atoms with Crippen molar-refractivity contribution < 1.29 is 4.79 Å². The Labute approximate surface area is 186 Å². The monoisotopic (exact) mass is 449 g/mol. The van der Waals surface area contributed by atoms with Crippen LogP contribution in [0.15, 0.2) is 75.4 Å². The molecule has 0 atom stereocenters. The van der Waals surface area contributed by atoms with Crippen LogP contribution in [0.25, 0.3) is 5.69 Å². The van der Waals surface area contributed by atoms with Crippen molar-refractivity contribution in [3.05, 3.63) is 92.6 Å². The Balaban J connectivity index is 1.63. The lowest BCUT2D eigenvalue weighted by Gasteiger charge is -2.14. The fourth-order valence-electron chi connectivity index (χ4n) is 3.17. The number of tetrazole rings is 1. The van der Waals surface area contributed by atoms with Crippen molar-refractivity contribution in [3.63, 3.8) is 0 Å². The van der Waals surface area contributed by atoms with E-state index in [0.29, 0.717) is 5.16 Å². The van der Waals surface area contributed by atoms with Crippen molar-refractivity contribution in [1.29, 1.82) is 0 Å². The van der Waals surface area contributed by atoms with Gasteiger partial charge in [0, 0.05) is 7.05 Å². The first-order valence-electron chi connectivity index (χ1n) is 9.60. The van der Waals surface area contributed by atoms with Gasteiger partial charge in [-0.25, -0.2) is 4.79 Å². The molecule has 2 heterocycles. The van der Waals surface area contributed by atoms with Gasteiger partial charge >= 0.3 is 5.69 Å². The number of thioether (sulfide) groups is 1. The molecule has 0 bridgehead atoms. The van der Waals surface area contributed by atoms with Crippen LogP contribution in [0.5, 0.6) is 0 Å². The van der Waals surface area contributed by atoms with E-state index in [1.807, 2.05) is 60.7 Å². The number of aromatic nitrogens is 6. The SMILES string of the molecule is Cn1c(=O)c(C(=O)CSc2nnnn2-c2ccccc2)c(N)n(Cc2ccccc2)c1=O. The fourth-order valence-corrected chi connectivity index (χ4v) is 3.93. The minimum atomic E-state index is -0.731. The number of hydrogen-bond donors (Lipinski definition) is 1. The predicted octanol–water partition coefficient (Wildman–Crippen LogP) is 1.13. The summed E-state index contributed by atoms with van der Waals surface area (Å²) in [5, 5.41) is 11.9. The number of nitrogens with zero attached hydrogens (tertiary/aromatic N) is 6. The van der Waals surface area contributed by atoms with Gasteiger partial charge in [0.1, 0.15) is 11.4 Å². The Morgan fingerprint density at radius 2 is 1.69 bits per heavy atom. The van der Waals surface area contributed by atoms with E-state index in [0.717, 1.165) is 27.6 Å². The van der Waals surface area contributed by atoms with Gasteiger partial charge in [0.05, 0.1) is 18.0 Å². The summed E-state index contributed by atoms with van der Waals surface area (Å²) in [7, 11) is 1.32. The molecule has 2 aromatic heterocycles. The third kappa shape index (κ3) is 4.10. The summed E-state index contributed by atoms with van der Waals surface area (Å²) in [6.45, 7) is 0.138. The lowest BCUT2D eigenvalue weighted by molar-refractivity contribution is 0.102. The number of benzene rings is 2. The Bertz CT molecular complexity index is 1380. The van der Waals surface area contributed by atoms with Gasteiger partial charge in [-0.2, -0.15) is 4.68 Å². The normalized spacial score (nSPS) is 10.9. The Morgan fingerprint density at radius 1 is 1.03 bits per heavy atom. The second-order valence-corrected chi connectivity index (χ2v) is 7.84. The minimum Gasteiger partial charge on any atom is -0.384 e. The Kier molecular flexibility index (Phi) is 5.99. The molecule has 2 aromatic carbocycles. The second kappa shape index (κ2) is 9.02. The van der Waals surface area contributed by atoms with Crippen LogP contribution in [0.3, 0.4) is 0 Å². The van der Waals surface area contributed by atoms with E-state index < -0.39 is 17.0 Å². The standard InChI is InChI=1S/C21H19N7O3S/c1-26-19(30)17(18(22)27(21(26)31)12-14-8-4-2-5-9-14)16(29)13-32-20-23-24-25-28(20)15-10-6-3-7-11-15/h2-11H,12-13,22H2,1H3. The van der Waals surface area contributed by atoms with Crippen molar-refractivity contribution in [2.45, 2.75) is 11.7 Å². The first kappa shape index (κ1) is 21.2. The molecule has 0 aliphatic carbocycles. The number of hydrogen-bond acceptors (Lipinski definition) is 8. The molecule has 32 heavy (non-hydrogen) atoms. The van der Waals surface area contributed by atoms with Crippen molar-refractivity contribution in [2.24, 2.45) is 7.05 Å². The average Bonchev–Trinajstić information content (AvgIpc) is 3.29. The first-order valence-corrected chi connectivity index (χ1v) is 10.6. The molecule has 0 fully saturated rings. The van der Waals surface area contributed by atoms with Crippen LogP contribution < -0.4 is 17.0 Å². The van der Waals surface area contributed by atoms with Crippen molar-refractivity contribution in [2.75, 3.05) is 11.5 Å². The number of nitrogens with two attached hydrogens (primary N) is 1. The lowest BCUT2D eigenvalue weighted by Crippen LogP contribution is -2.43. The molecule has 4 rings (SSSR count). The fraction of sp³-hybridized carbons (Fsp3) is 0.143. The molecule has 4 aromatic rings. The minimum absolute atomic E-state index is 0.129. The summed E-state index contributed by atoms with van der Waals surface area (Å²) in [5.41, 5.74) is 6.15. The van der Waals surface area contributed by atoms with Crippen LogP contribution in [-0.4, -0.2) is 40.9 Å². The molecular formula is C21H19N7O3S. The third-order valence-electron chi connectivity index (χ3n) is 4.82. The van der Waals surface area contributed by atoms with Crippen molar-refractivity contribution in [3.8, 4) is 5.69 Å². The van der Waals surface area contributed by atoms with Crippen LogP contribution in [0.4, 0.5) is 5.82 Å². The van der Waals surface area contributed by atoms with Crippen molar-refractivity contribution in [1.82, 2.24) is 29.3 Å². The van der Waals surface area contributed by atoms with Gasteiger partial charge < -0.3 is 5.73 Å². The summed E-state index contributed by atoms with van der Waals surface area (Å²) in [4.78, 5) is 38.3. The summed E-state index contributed by atoms with van der Waals surface area (Å²) >= 11 is 1.08. The maximum Gasteiger partial charge on any atom is 0.332 e. The molecule has 11 heteroatoms. The van der Waals surface area contributed by atoms with Crippen LogP contribution in [0.2, 0.25) is 0 Å². The van der Waals surface area contributed by atoms with Crippen LogP contribution in [0, 0.1) is 0 Å². The zero-order valence-electron chi connectivity index (χ0n) is 17.1. The highest BCUT2D eigenvalue weighted by Gasteiger charge is 2.22. The molecule has 0 aliphatic heterocycles. The number of rotatable bonds is 7. The quantitative estimate of drug-likeness (QED) is 0.328. The highest BCUT2D eigenvalue weighted by atomic mass is 32.2. The Morgan fingerprint density at radius 3 is 2.38 bits per heavy atom. The average molecular weight is 449 g/mol. The smallest absolute Gasteiger partial charge is 0.332 e. The zero-order valence-corrected chi connectivity index (χ0v) is 17.9. The first-order chi connectivity index (χ1) is 15.5. The largest absolute Gasteiger partial charge is 0.384 e. The molecule has 0 radical (unpaired) electrons. The van der Waals surface area contributed by atoms with Crippen LogP contribution in [0.1, 0.15) is 15.9 Å². The maximum atomic E-state index is 13.0. The molecule has 0 saturated carbocycles. The molecule has 10 nitrogen and oxygen atoms in total. The highest BCUT2D eigenvalue weighted by Crippen LogP contribution is 2.20. The van der Waals surface area contributed by atoms with Gasteiger partial charge in [-0.05, 0) is 28.1 Å². The maximum absolute atomic E-state index is 13.0. The van der Waals surface area contributed by atoms with Gasteiger partial charge in [-0.1, -0.05) is 60.3 Å². The number of carbonyl (C=O) groups excluding carboxylic acids is 1. The number of nitrogen functional groups attached to an aromatic ring is 1. The van der Waals surface area contributed by atoms with E-state index in [2.05, 4.69) is 15.5 Å². The number of anilines is 1. The number of carbonyl (C=O) groups is 1.